The van der Waals surface area contributed by atoms with Crippen LogP contribution in [0.3, 0.4) is 0 Å². The average Bonchev–Trinajstić information content (AvgIpc) is 3.00. The Morgan fingerprint density at radius 1 is 1.36 bits per heavy atom. The van der Waals surface area contributed by atoms with E-state index in [1.165, 1.54) is 24.8 Å². The van der Waals surface area contributed by atoms with Crippen LogP contribution in [0.4, 0.5) is 4.39 Å². The molecule has 1 saturated carbocycles. The number of halogens is 1. The maximum atomic E-state index is 13.4. The zero-order valence-corrected chi connectivity index (χ0v) is 8.72. The molecule has 2 rings (SSSR count). The van der Waals surface area contributed by atoms with E-state index >= 15 is 0 Å². The number of hydrogen-bond donors (Lipinski definition) is 0. The van der Waals surface area contributed by atoms with Gasteiger partial charge >= 0.3 is 0 Å². The van der Waals surface area contributed by atoms with Crippen molar-refractivity contribution in [1.29, 1.82) is 0 Å². The zero-order valence-electron chi connectivity index (χ0n) is 8.72. The van der Waals surface area contributed by atoms with Gasteiger partial charge < -0.3 is 0 Å². The van der Waals surface area contributed by atoms with Crippen molar-refractivity contribution in [3.63, 3.8) is 0 Å². The Labute approximate surface area is 85.1 Å². The molecule has 0 bridgehead atoms. The maximum absolute atomic E-state index is 13.4. The molecule has 0 amide bonds. The van der Waals surface area contributed by atoms with Crippen molar-refractivity contribution in [2.24, 2.45) is 5.92 Å². The van der Waals surface area contributed by atoms with Crippen LogP contribution in [0.25, 0.3) is 0 Å². The van der Waals surface area contributed by atoms with E-state index < -0.39 is 0 Å². The Morgan fingerprint density at radius 3 is 2.79 bits per heavy atom. The smallest absolute Gasteiger partial charge is 0.126 e. The number of rotatable bonds is 4. The normalized spacial score (nSPS) is 15.9. The van der Waals surface area contributed by atoms with E-state index in [1.54, 1.807) is 6.07 Å². The molecule has 1 aromatic carbocycles. The molecule has 0 saturated heterocycles. The second-order valence-electron chi connectivity index (χ2n) is 4.26. The van der Waals surface area contributed by atoms with E-state index in [0.717, 1.165) is 24.3 Å². The van der Waals surface area contributed by atoms with Crippen molar-refractivity contribution in [3.05, 3.63) is 35.1 Å². The van der Waals surface area contributed by atoms with Crippen LogP contribution in [0.15, 0.2) is 18.2 Å². The lowest BCUT2D eigenvalue weighted by Gasteiger charge is -2.04. The van der Waals surface area contributed by atoms with Gasteiger partial charge in [0, 0.05) is 0 Å². The van der Waals surface area contributed by atoms with E-state index in [9.17, 15) is 4.39 Å². The van der Waals surface area contributed by atoms with Crippen molar-refractivity contribution in [3.8, 4) is 0 Å². The summed E-state index contributed by atoms with van der Waals surface area (Å²) < 4.78 is 13.4. The predicted molar refractivity (Wildman–Crippen MR) is 56.8 cm³/mol. The summed E-state index contributed by atoms with van der Waals surface area (Å²) in [6.45, 7) is 2.11. The van der Waals surface area contributed by atoms with Crippen LogP contribution in [-0.2, 0) is 12.8 Å². The van der Waals surface area contributed by atoms with Gasteiger partial charge in [0.1, 0.15) is 5.82 Å². The van der Waals surface area contributed by atoms with Crippen molar-refractivity contribution in [1.82, 2.24) is 0 Å². The monoisotopic (exact) mass is 192 g/mol. The minimum Gasteiger partial charge on any atom is -0.207 e. The van der Waals surface area contributed by atoms with Crippen molar-refractivity contribution in [2.75, 3.05) is 0 Å². The van der Waals surface area contributed by atoms with E-state index in [-0.39, 0.29) is 5.82 Å². The molecule has 1 aromatic rings. The van der Waals surface area contributed by atoms with Gasteiger partial charge in [0.2, 0.25) is 0 Å². The van der Waals surface area contributed by atoms with Crippen LogP contribution in [0.1, 0.15) is 37.3 Å². The predicted octanol–water partition coefficient (Wildman–Crippen LogP) is 3.73. The zero-order chi connectivity index (χ0) is 9.97. The van der Waals surface area contributed by atoms with Crippen LogP contribution in [-0.4, -0.2) is 0 Å². The second kappa shape index (κ2) is 4.12. The summed E-state index contributed by atoms with van der Waals surface area (Å²) in [5.41, 5.74) is 2.16. The molecule has 0 aliphatic heterocycles. The summed E-state index contributed by atoms with van der Waals surface area (Å²) in [5, 5.41) is 0. The highest BCUT2D eigenvalue weighted by Gasteiger charge is 2.21. The molecule has 0 heterocycles. The van der Waals surface area contributed by atoms with Gasteiger partial charge in [-0.1, -0.05) is 31.9 Å². The topological polar surface area (TPSA) is 0 Å². The van der Waals surface area contributed by atoms with Gasteiger partial charge in [0.05, 0.1) is 0 Å². The quantitative estimate of drug-likeness (QED) is 0.682. The molecule has 1 aliphatic carbocycles. The summed E-state index contributed by atoms with van der Waals surface area (Å²) in [6, 6.07) is 5.52. The third kappa shape index (κ3) is 2.34. The molecule has 0 unspecified atom stereocenters. The van der Waals surface area contributed by atoms with Gasteiger partial charge in [-0.2, -0.15) is 0 Å². The van der Waals surface area contributed by atoms with Crippen molar-refractivity contribution < 1.29 is 4.39 Å². The summed E-state index contributed by atoms with van der Waals surface area (Å²) in [4.78, 5) is 0. The standard InChI is InChI=1S/C13H17F/c1-2-10-6-8-13(14)12(9-10)7-5-11-3-4-11/h6,8-9,11H,2-5,7H2,1H3. The molecule has 0 aromatic heterocycles. The van der Waals surface area contributed by atoms with Crippen LogP contribution >= 0.6 is 0 Å². The first-order valence-corrected chi connectivity index (χ1v) is 5.57. The Balaban J connectivity index is 2.04. The highest BCUT2D eigenvalue weighted by Crippen LogP contribution is 2.33. The first-order valence-electron chi connectivity index (χ1n) is 5.57. The lowest BCUT2D eigenvalue weighted by atomic mass is 10.0. The Kier molecular flexibility index (Phi) is 2.85. The fourth-order valence-corrected chi connectivity index (χ4v) is 1.81. The van der Waals surface area contributed by atoms with Crippen molar-refractivity contribution >= 4 is 0 Å². The van der Waals surface area contributed by atoms with E-state index in [1.807, 2.05) is 12.1 Å². The Bertz CT molecular complexity index is 313. The second-order valence-corrected chi connectivity index (χ2v) is 4.26. The fourth-order valence-electron chi connectivity index (χ4n) is 1.81. The van der Waals surface area contributed by atoms with Crippen molar-refractivity contribution in [2.45, 2.75) is 39.0 Å². The van der Waals surface area contributed by atoms with E-state index in [4.69, 9.17) is 0 Å². The Hall–Kier alpha value is -0.850. The number of aryl methyl sites for hydroxylation is 2. The van der Waals surface area contributed by atoms with Gasteiger partial charge in [-0.15, -0.1) is 0 Å². The lowest BCUT2D eigenvalue weighted by molar-refractivity contribution is 0.596. The van der Waals surface area contributed by atoms with Gasteiger partial charge in [0.25, 0.3) is 0 Å². The minimum absolute atomic E-state index is 0.0251. The molecule has 0 radical (unpaired) electrons. The molecule has 76 valence electrons. The summed E-state index contributed by atoms with van der Waals surface area (Å²) in [5.74, 6) is 0.863. The molecular weight excluding hydrogens is 175 g/mol. The first kappa shape index (κ1) is 9.70. The van der Waals surface area contributed by atoms with Crippen LogP contribution < -0.4 is 0 Å². The molecule has 14 heavy (non-hydrogen) atoms. The largest absolute Gasteiger partial charge is 0.207 e. The third-order valence-electron chi connectivity index (χ3n) is 3.04. The lowest BCUT2D eigenvalue weighted by Crippen LogP contribution is -1.94. The van der Waals surface area contributed by atoms with Crippen LogP contribution in [0, 0.1) is 11.7 Å². The molecule has 0 N–H and O–H groups in total. The highest BCUT2D eigenvalue weighted by atomic mass is 19.1. The van der Waals surface area contributed by atoms with Gasteiger partial charge in [-0.3, -0.25) is 0 Å². The maximum Gasteiger partial charge on any atom is 0.126 e. The van der Waals surface area contributed by atoms with E-state index in [2.05, 4.69) is 6.92 Å². The fraction of sp³-hybridized carbons (Fsp3) is 0.538. The van der Waals surface area contributed by atoms with Gasteiger partial charge in [-0.05, 0) is 42.4 Å². The first-order chi connectivity index (χ1) is 6.79. The van der Waals surface area contributed by atoms with E-state index in [0.29, 0.717) is 0 Å². The molecule has 1 heteroatoms. The van der Waals surface area contributed by atoms with Crippen LogP contribution in [0.5, 0.6) is 0 Å². The summed E-state index contributed by atoms with van der Waals surface area (Å²) in [6.07, 6.45) is 5.80. The number of benzene rings is 1. The van der Waals surface area contributed by atoms with Gasteiger partial charge in [-0.25, -0.2) is 4.39 Å². The number of hydrogen-bond acceptors (Lipinski definition) is 0. The molecule has 0 nitrogen and oxygen atoms in total. The highest BCUT2D eigenvalue weighted by molar-refractivity contribution is 5.25. The Morgan fingerprint density at radius 2 is 2.14 bits per heavy atom. The molecule has 0 spiro atoms. The molecule has 1 aliphatic rings. The third-order valence-corrected chi connectivity index (χ3v) is 3.04. The summed E-state index contributed by atoms with van der Waals surface area (Å²) in [7, 11) is 0. The molecular formula is C13H17F. The van der Waals surface area contributed by atoms with Crippen LogP contribution in [0.2, 0.25) is 0 Å². The SMILES string of the molecule is CCc1ccc(F)c(CCC2CC2)c1. The van der Waals surface area contributed by atoms with Gasteiger partial charge in [0.15, 0.2) is 0 Å². The molecule has 1 fully saturated rings. The molecule has 0 atom stereocenters. The average molecular weight is 192 g/mol. The summed E-state index contributed by atoms with van der Waals surface area (Å²) >= 11 is 0. The minimum atomic E-state index is -0.0251.